The maximum Gasteiger partial charge on any atom is 0.152 e. The van der Waals surface area contributed by atoms with E-state index in [4.69, 9.17) is 4.74 Å². The number of benzene rings is 1. The van der Waals surface area contributed by atoms with Crippen LogP contribution in [0.25, 0.3) is 0 Å². The Hall–Kier alpha value is -1.23. The van der Waals surface area contributed by atoms with Crippen molar-refractivity contribution in [3.63, 3.8) is 0 Å². The number of hydrogen-bond acceptors (Lipinski definition) is 4. The number of ether oxygens (including phenoxy) is 1. The molecule has 2 aliphatic rings. The summed E-state index contributed by atoms with van der Waals surface area (Å²) in [5.41, 5.74) is 2.04. The van der Waals surface area contributed by atoms with Gasteiger partial charge in [0.2, 0.25) is 0 Å². The van der Waals surface area contributed by atoms with Crippen molar-refractivity contribution in [2.75, 3.05) is 16.8 Å². The van der Waals surface area contributed by atoms with Gasteiger partial charge in [-0.15, -0.1) is 0 Å². The van der Waals surface area contributed by atoms with E-state index in [1.54, 1.807) is 0 Å². The zero-order valence-corrected chi connectivity index (χ0v) is 10.5. The lowest BCUT2D eigenvalue weighted by Gasteiger charge is -2.37. The van der Waals surface area contributed by atoms with Crippen molar-refractivity contribution in [2.24, 2.45) is 0 Å². The van der Waals surface area contributed by atoms with Crippen LogP contribution in [-0.4, -0.2) is 32.1 Å². The molecule has 2 atom stereocenters. The third-order valence-electron chi connectivity index (χ3n) is 3.35. The summed E-state index contributed by atoms with van der Waals surface area (Å²) in [5.74, 6) is 1.23. The molecule has 0 bridgehead atoms. The normalized spacial score (nSPS) is 29.5. The summed E-state index contributed by atoms with van der Waals surface area (Å²) >= 11 is 0. The number of aryl methyl sites for hydroxylation is 1. The number of nitrogens with one attached hydrogen (secondary N) is 1. The van der Waals surface area contributed by atoms with Crippen LogP contribution in [0.15, 0.2) is 18.2 Å². The lowest BCUT2D eigenvalue weighted by atomic mass is 10.1. The Balaban J connectivity index is 1.93. The van der Waals surface area contributed by atoms with E-state index in [0.29, 0.717) is 6.42 Å². The molecule has 4 nitrogen and oxygen atoms in total. The van der Waals surface area contributed by atoms with Gasteiger partial charge in [0, 0.05) is 6.42 Å². The lowest BCUT2D eigenvalue weighted by Crippen LogP contribution is -2.50. The number of anilines is 1. The highest BCUT2D eigenvalue weighted by molar-refractivity contribution is 7.91. The molecule has 2 unspecified atom stereocenters. The minimum atomic E-state index is -2.91. The molecule has 1 aromatic rings. The summed E-state index contributed by atoms with van der Waals surface area (Å²) in [7, 11) is -2.91. The van der Waals surface area contributed by atoms with E-state index >= 15 is 0 Å². The molecule has 0 spiro atoms. The van der Waals surface area contributed by atoms with Crippen molar-refractivity contribution in [2.45, 2.75) is 25.5 Å². The molecule has 92 valence electrons. The van der Waals surface area contributed by atoms with E-state index in [-0.39, 0.29) is 23.7 Å². The highest BCUT2D eigenvalue weighted by Gasteiger charge is 2.37. The first-order chi connectivity index (χ1) is 8.03. The first kappa shape index (κ1) is 10.9. The maximum atomic E-state index is 11.6. The Bertz CT molecular complexity index is 553. The molecule has 1 N–H and O–H groups in total. The highest BCUT2D eigenvalue weighted by atomic mass is 32.2. The molecule has 1 aromatic carbocycles. The van der Waals surface area contributed by atoms with Crippen LogP contribution in [0, 0.1) is 6.92 Å². The van der Waals surface area contributed by atoms with E-state index in [0.717, 1.165) is 17.0 Å². The van der Waals surface area contributed by atoms with E-state index in [2.05, 4.69) is 5.32 Å². The average Bonchev–Trinajstić information content (AvgIpc) is 2.25. The average molecular weight is 253 g/mol. The van der Waals surface area contributed by atoms with Crippen LogP contribution in [0.2, 0.25) is 0 Å². The van der Waals surface area contributed by atoms with E-state index < -0.39 is 9.84 Å². The van der Waals surface area contributed by atoms with Gasteiger partial charge in [-0.1, -0.05) is 6.07 Å². The van der Waals surface area contributed by atoms with Gasteiger partial charge in [-0.2, -0.15) is 0 Å². The third-order valence-corrected chi connectivity index (χ3v) is 5.07. The monoisotopic (exact) mass is 253 g/mol. The Labute approximate surface area is 101 Å². The largest absolute Gasteiger partial charge is 0.486 e. The van der Waals surface area contributed by atoms with Crippen LogP contribution in [0.1, 0.15) is 12.0 Å². The second-order valence-corrected chi connectivity index (χ2v) is 7.04. The number of rotatable bonds is 0. The first-order valence-corrected chi connectivity index (χ1v) is 7.60. The molecule has 3 rings (SSSR count). The van der Waals surface area contributed by atoms with Crippen molar-refractivity contribution < 1.29 is 13.2 Å². The van der Waals surface area contributed by atoms with Crippen LogP contribution < -0.4 is 10.1 Å². The maximum absolute atomic E-state index is 11.6. The van der Waals surface area contributed by atoms with Gasteiger partial charge < -0.3 is 10.1 Å². The molecule has 1 saturated heterocycles. The summed E-state index contributed by atoms with van der Waals surface area (Å²) in [6, 6.07) is 5.83. The fraction of sp³-hybridized carbons (Fsp3) is 0.500. The van der Waals surface area contributed by atoms with Crippen LogP contribution >= 0.6 is 0 Å². The van der Waals surface area contributed by atoms with Crippen molar-refractivity contribution in [3.8, 4) is 5.75 Å². The molecule has 5 heteroatoms. The van der Waals surface area contributed by atoms with E-state index in [9.17, 15) is 8.42 Å². The van der Waals surface area contributed by atoms with Crippen LogP contribution in [0.5, 0.6) is 5.75 Å². The number of sulfone groups is 1. The Kier molecular flexibility index (Phi) is 2.33. The van der Waals surface area contributed by atoms with Crippen molar-refractivity contribution in [3.05, 3.63) is 23.8 Å². The summed E-state index contributed by atoms with van der Waals surface area (Å²) in [4.78, 5) is 0. The summed E-state index contributed by atoms with van der Waals surface area (Å²) in [6.45, 7) is 2.01. The third kappa shape index (κ3) is 1.99. The summed E-state index contributed by atoms with van der Waals surface area (Å²) in [5, 5.41) is 3.29. The molecular formula is C12H15NO3S. The van der Waals surface area contributed by atoms with Crippen LogP contribution in [-0.2, 0) is 9.84 Å². The Morgan fingerprint density at radius 2 is 2.24 bits per heavy atom. The topological polar surface area (TPSA) is 55.4 Å². The first-order valence-electron chi connectivity index (χ1n) is 5.78. The van der Waals surface area contributed by atoms with Gasteiger partial charge in [-0.25, -0.2) is 8.42 Å². The van der Waals surface area contributed by atoms with Crippen molar-refractivity contribution in [1.29, 1.82) is 0 Å². The molecule has 0 aromatic heterocycles. The smallest absolute Gasteiger partial charge is 0.152 e. The van der Waals surface area contributed by atoms with Crippen molar-refractivity contribution in [1.82, 2.24) is 0 Å². The molecule has 0 amide bonds. The highest BCUT2D eigenvalue weighted by Crippen LogP contribution is 2.35. The standard InChI is InChI=1S/C12H15NO3S/c1-8-2-3-11-9(6-8)13-10-7-17(14,15)5-4-12(10)16-11/h2-3,6,10,12-13H,4-5,7H2,1H3. The zero-order valence-electron chi connectivity index (χ0n) is 9.64. The number of fused-ring (bicyclic) bond motifs is 2. The minimum Gasteiger partial charge on any atom is -0.486 e. The summed E-state index contributed by atoms with van der Waals surface area (Å²) < 4.78 is 29.0. The second-order valence-electron chi connectivity index (χ2n) is 4.81. The van der Waals surface area contributed by atoms with Gasteiger partial charge >= 0.3 is 0 Å². The molecule has 2 aliphatic heterocycles. The van der Waals surface area contributed by atoms with Gasteiger partial charge in [0.05, 0.1) is 23.2 Å². The molecule has 0 radical (unpaired) electrons. The Morgan fingerprint density at radius 3 is 3.06 bits per heavy atom. The number of hydrogen-bond donors (Lipinski definition) is 1. The molecule has 1 fully saturated rings. The minimum absolute atomic E-state index is 0.0197. The van der Waals surface area contributed by atoms with Crippen LogP contribution in [0.3, 0.4) is 0 Å². The van der Waals surface area contributed by atoms with E-state index in [1.807, 2.05) is 25.1 Å². The molecule has 17 heavy (non-hydrogen) atoms. The SMILES string of the molecule is Cc1ccc2c(c1)NC1CS(=O)(=O)CCC1O2. The van der Waals surface area contributed by atoms with Gasteiger partial charge in [0.15, 0.2) is 9.84 Å². The molecule has 2 heterocycles. The van der Waals surface area contributed by atoms with Crippen molar-refractivity contribution >= 4 is 15.5 Å². The molecule has 0 saturated carbocycles. The van der Waals surface area contributed by atoms with Gasteiger partial charge in [-0.05, 0) is 24.6 Å². The fourth-order valence-corrected chi connectivity index (χ4v) is 4.06. The summed E-state index contributed by atoms with van der Waals surface area (Å²) in [6.07, 6.45) is 0.557. The fourth-order valence-electron chi connectivity index (χ4n) is 2.46. The lowest BCUT2D eigenvalue weighted by molar-refractivity contribution is 0.167. The zero-order chi connectivity index (χ0) is 12.0. The molecule has 0 aliphatic carbocycles. The predicted octanol–water partition coefficient (Wildman–Crippen LogP) is 1.36. The van der Waals surface area contributed by atoms with Crippen LogP contribution in [0.4, 0.5) is 5.69 Å². The van der Waals surface area contributed by atoms with E-state index in [1.165, 1.54) is 0 Å². The predicted molar refractivity (Wildman–Crippen MR) is 66.3 cm³/mol. The Morgan fingerprint density at radius 1 is 1.41 bits per heavy atom. The van der Waals surface area contributed by atoms with Gasteiger partial charge in [0.1, 0.15) is 11.9 Å². The van der Waals surface area contributed by atoms with Gasteiger partial charge in [-0.3, -0.25) is 0 Å². The quantitative estimate of drug-likeness (QED) is 0.758. The second kappa shape index (κ2) is 3.63. The van der Waals surface area contributed by atoms with Gasteiger partial charge in [0.25, 0.3) is 0 Å². The molecular weight excluding hydrogens is 238 g/mol.